The Bertz CT molecular complexity index is 491. The van der Waals surface area contributed by atoms with E-state index in [1.807, 2.05) is 30.0 Å². The van der Waals surface area contributed by atoms with E-state index in [0.717, 1.165) is 31.0 Å². The quantitative estimate of drug-likeness (QED) is 0.833. The van der Waals surface area contributed by atoms with E-state index in [9.17, 15) is 4.79 Å². The van der Waals surface area contributed by atoms with Crippen LogP contribution in [0.3, 0.4) is 0 Å². The molecule has 2 heterocycles. The first kappa shape index (κ1) is 12.9. The molecule has 1 amide bonds. The van der Waals surface area contributed by atoms with Gasteiger partial charge < -0.3 is 9.64 Å². The lowest BCUT2D eigenvalue weighted by atomic mass is 9.89. The summed E-state index contributed by atoms with van der Waals surface area (Å²) in [5, 5.41) is 0.758. The molecule has 0 spiro atoms. The van der Waals surface area contributed by atoms with Gasteiger partial charge in [-0.05, 0) is 37.5 Å². The molecule has 0 unspecified atom stereocenters. The molecule has 0 N–H and O–H groups in total. The van der Waals surface area contributed by atoms with E-state index in [1.165, 1.54) is 5.56 Å². The molecule has 102 valence electrons. The summed E-state index contributed by atoms with van der Waals surface area (Å²) in [7, 11) is 0. The van der Waals surface area contributed by atoms with Crippen molar-refractivity contribution < 1.29 is 9.53 Å². The number of likely N-dealkylation sites (tertiary alicyclic amines) is 1. The highest BCUT2D eigenvalue weighted by molar-refractivity contribution is 6.30. The molecule has 2 aliphatic rings. The van der Waals surface area contributed by atoms with E-state index in [4.69, 9.17) is 16.3 Å². The molecule has 3 nitrogen and oxygen atoms in total. The Morgan fingerprint density at radius 2 is 2.26 bits per heavy atom. The molecule has 1 aromatic rings. The summed E-state index contributed by atoms with van der Waals surface area (Å²) in [6.45, 7) is 4.17. The number of carbonyl (C=O) groups is 1. The van der Waals surface area contributed by atoms with E-state index in [2.05, 4.69) is 6.07 Å². The van der Waals surface area contributed by atoms with E-state index in [0.29, 0.717) is 12.5 Å². The second-order valence-electron chi connectivity index (χ2n) is 5.64. The molecule has 1 aromatic carbocycles. The first-order valence-corrected chi connectivity index (χ1v) is 7.15. The van der Waals surface area contributed by atoms with Crippen molar-refractivity contribution >= 4 is 17.5 Å². The van der Waals surface area contributed by atoms with E-state index in [-0.39, 0.29) is 5.91 Å². The molecule has 19 heavy (non-hydrogen) atoms. The number of carbonyl (C=O) groups excluding carboxylic acids is 1. The maximum atomic E-state index is 12.4. The molecule has 0 bridgehead atoms. The second-order valence-corrected chi connectivity index (χ2v) is 6.08. The standard InChI is InChI=1S/C15H18ClNO2/c1-15(6-3-7-19-15)14(18)17-9-12(10-17)11-4-2-5-13(16)8-11/h2,4-5,8,12H,3,6-7,9-10H2,1H3/t15-/m0/s1. The number of rotatable bonds is 2. The largest absolute Gasteiger partial charge is 0.365 e. The number of halogens is 1. The number of hydrogen-bond acceptors (Lipinski definition) is 2. The fraction of sp³-hybridized carbons (Fsp3) is 0.533. The van der Waals surface area contributed by atoms with Crippen LogP contribution in [0.1, 0.15) is 31.2 Å². The third-order valence-corrected chi connectivity index (χ3v) is 4.40. The first-order chi connectivity index (χ1) is 9.08. The van der Waals surface area contributed by atoms with Gasteiger partial charge in [-0.1, -0.05) is 23.7 Å². The van der Waals surface area contributed by atoms with Gasteiger partial charge in [0.2, 0.25) is 0 Å². The highest BCUT2D eigenvalue weighted by atomic mass is 35.5. The minimum Gasteiger partial charge on any atom is -0.365 e. The van der Waals surface area contributed by atoms with Gasteiger partial charge in [-0.3, -0.25) is 4.79 Å². The van der Waals surface area contributed by atoms with Crippen molar-refractivity contribution in [3.63, 3.8) is 0 Å². The molecule has 0 radical (unpaired) electrons. The minimum atomic E-state index is -0.584. The van der Waals surface area contributed by atoms with Gasteiger partial charge >= 0.3 is 0 Å². The van der Waals surface area contributed by atoms with Crippen LogP contribution in [-0.4, -0.2) is 36.1 Å². The predicted octanol–water partition coefficient (Wildman–Crippen LogP) is 2.83. The molecule has 2 saturated heterocycles. The van der Waals surface area contributed by atoms with E-state index in [1.54, 1.807) is 0 Å². The number of ether oxygens (including phenoxy) is 1. The van der Waals surface area contributed by atoms with Crippen LogP contribution in [0.4, 0.5) is 0 Å². The lowest BCUT2D eigenvalue weighted by Gasteiger charge is -2.43. The van der Waals surface area contributed by atoms with Gasteiger partial charge in [-0.15, -0.1) is 0 Å². The zero-order chi connectivity index (χ0) is 13.5. The Labute approximate surface area is 118 Å². The number of nitrogens with zero attached hydrogens (tertiary/aromatic N) is 1. The maximum absolute atomic E-state index is 12.4. The molecule has 0 aliphatic carbocycles. The molecule has 2 fully saturated rings. The maximum Gasteiger partial charge on any atom is 0.254 e. The smallest absolute Gasteiger partial charge is 0.254 e. The zero-order valence-corrected chi connectivity index (χ0v) is 11.8. The number of benzene rings is 1. The highest BCUT2D eigenvalue weighted by Gasteiger charge is 2.44. The third-order valence-electron chi connectivity index (χ3n) is 4.16. The average molecular weight is 280 g/mol. The molecule has 0 saturated carbocycles. The van der Waals surface area contributed by atoms with Gasteiger partial charge in [0.05, 0.1) is 0 Å². The van der Waals surface area contributed by atoms with Crippen LogP contribution in [0.15, 0.2) is 24.3 Å². The lowest BCUT2D eigenvalue weighted by molar-refractivity contribution is -0.155. The Hall–Kier alpha value is -1.06. The Morgan fingerprint density at radius 1 is 1.47 bits per heavy atom. The van der Waals surface area contributed by atoms with E-state index < -0.39 is 5.60 Å². The van der Waals surface area contributed by atoms with Crippen LogP contribution >= 0.6 is 11.6 Å². The monoisotopic (exact) mass is 279 g/mol. The molecular formula is C15H18ClNO2. The van der Waals surface area contributed by atoms with Crippen molar-refractivity contribution in [3.8, 4) is 0 Å². The summed E-state index contributed by atoms with van der Waals surface area (Å²) < 4.78 is 5.61. The summed E-state index contributed by atoms with van der Waals surface area (Å²) in [5.74, 6) is 0.552. The topological polar surface area (TPSA) is 29.5 Å². The van der Waals surface area contributed by atoms with Gasteiger partial charge in [0.25, 0.3) is 5.91 Å². The van der Waals surface area contributed by atoms with Gasteiger partial charge in [0, 0.05) is 30.6 Å². The fourth-order valence-corrected chi connectivity index (χ4v) is 3.10. The molecule has 4 heteroatoms. The summed E-state index contributed by atoms with van der Waals surface area (Å²) in [6.07, 6.45) is 1.82. The Morgan fingerprint density at radius 3 is 2.89 bits per heavy atom. The van der Waals surface area contributed by atoms with Crippen molar-refractivity contribution in [2.75, 3.05) is 19.7 Å². The Balaban J connectivity index is 1.62. The molecule has 3 rings (SSSR count). The normalized spacial score (nSPS) is 27.4. The number of hydrogen-bond donors (Lipinski definition) is 0. The van der Waals surface area contributed by atoms with Gasteiger partial charge in [0.15, 0.2) is 0 Å². The van der Waals surface area contributed by atoms with Crippen molar-refractivity contribution in [3.05, 3.63) is 34.9 Å². The van der Waals surface area contributed by atoms with Crippen LogP contribution in [0.2, 0.25) is 5.02 Å². The SMILES string of the molecule is C[C@@]1(C(=O)N2CC(c3cccc(Cl)c3)C2)CCCO1. The van der Waals surface area contributed by atoms with Crippen molar-refractivity contribution in [1.29, 1.82) is 0 Å². The predicted molar refractivity (Wildman–Crippen MR) is 74.4 cm³/mol. The second kappa shape index (κ2) is 4.80. The lowest BCUT2D eigenvalue weighted by Crippen LogP contribution is -2.55. The average Bonchev–Trinajstić information content (AvgIpc) is 2.75. The van der Waals surface area contributed by atoms with Crippen molar-refractivity contribution in [2.24, 2.45) is 0 Å². The summed E-state index contributed by atoms with van der Waals surface area (Å²) in [4.78, 5) is 14.3. The van der Waals surface area contributed by atoms with E-state index >= 15 is 0 Å². The summed E-state index contributed by atoms with van der Waals surface area (Å²) >= 11 is 5.99. The molecule has 2 aliphatic heterocycles. The van der Waals surface area contributed by atoms with Gasteiger partial charge in [-0.2, -0.15) is 0 Å². The van der Waals surface area contributed by atoms with Crippen LogP contribution in [-0.2, 0) is 9.53 Å². The molecule has 0 aromatic heterocycles. The summed E-state index contributed by atoms with van der Waals surface area (Å²) in [5.41, 5.74) is 0.633. The highest BCUT2D eigenvalue weighted by Crippen LogP contribution is 2.34. The third kappa shape index (κ3) is 2.37. The zero-order valence-electron chi connectivity index (χ0n) is 11.1. The Kier molecular flexibility index (Phi) is 3.27. The molecular weight excluding hydrogens is 262 g/mol. The van der Waals surface area contributed by atoms with Crippen LogP contribution in [0, 0.1) is 0 Å². The van der Waals surface area contributed by atoms with Gasteiger partial charge in [0.1, 0.15) is 5.60 Å². The van der Waals surface area contributed by atoms with Crippen LogP contribution in [0.25, 0.3) is 0 Å². The fourth-order valence-electron chi connectivity index (χ4n) is 2.90. The summed E-state index contributed by atoms with van der Waals surface area (Å²) in [6, 6.07) is 7.90. The first-order valence-electron chi connectivity index (χ1n) is 6.77. The number of amides is 1. The molecule has 1 atom stereocenters. The van der Waals surface area contributed by atoms with Crippen LogP contribution < -0.4 is 0 Å². The van der Waals surface area contributed by atoms with Gasteiger partial charge in [-0.25, -0.2) is 0 Å². The minimum absolute atomic E-state index is 0.142. The van der Waals surface area contributed by atoms with Crippen molar-refractivity contribution in [1.82, 2.24) is 4.90 Å². The van der Waals surface area contributed by atoms with Crippen LogP contribution in [0.5, 0.6) is 0 Å². The van der Waals surface area contributed by atoms with Crippen molar-refractivity contribution in [2.45, 2.75) is 31.3 Å².